The number of hydrogen-bond acceptors (Lipinski definition) is 3. The first kappa shape index (κ1) is 12.6. The number of aliphatic hydroxyl groups excluding tert-OH is 1. The highest BCUT2D eigenvalue weighted by Gasteiger charge is 2.25. The summed E-state index contributed by atoms with van der Waals surface area (Å²) >= 11 is 0. The largest absolute Gasteiger partial charge is 0.391 e. The molecule has 1 aliphatic rings. The van der Waals surface area contributed by atoms with Gasteiger partial charge in [-0.1, -0.05) is 18.2 Å². The van der Waals surface area contributed by atoms with E-state index in [0.29, 0.717) is 11.4 Å². The summed E-state index contributed by atoms with van der Waals surface area (Å²) in [6.07, 6.45) is 0. The number of amides is 1. The second kappa shape index (κ2) is 4.94. The highest BCUT2D eigenvalue weighted by Crippen LogP contribution is 2.36. The van der Waals surface area contributed by atoms with Crippen molar-refractivity contribution in [3.8, 4) is 0 Å². The lowest BCUT2D eigenvalue weighted by Gasteiger charge is -2.32. The quantitative estimate of drug-likeness (QED) is 0.882. The maximum atomic E-state index is 13.8. The summed E-state index contributed by atoms with van der Waals surface area (Å²) in [7, 11) is 0. The van der Waals surface area contributed by atoms with Gasteiger partial charge < -0.3 is 15.3 Å². The van der Waals surface area contributed by atoms with Gasteiger partial charge in [-0.2, -0.15) is 0 Å². The Hall–Kier alpha value is -2.40. The van der Waals surface area contributed by atoms with Crippen molar-refractivity contribution >= 4 is 23.0 Å². The maximum absolute atomic E-state index is 13.8. The predicted molar refractivity (Wildman–Crippen MR) is 74.4 cm³/mol. The summed E-state index contributed by atoms with van der Waals surface area (Å²) in [4.78, 5) is 13.5. The fraction of sp³-hybridized carbons (Fsp3) is 0.133. The third-order valence-corrected chi connectivity index (χ3v) is 3.31. The van der Waals surface area contributed by atoms with Crippen LogP contribution >= 0.6 is 0 Å². The molecule has 0 bridgehead atoms. The van der Waals surface area contributed by atoms with E-state index in [1.54, 1.807) is 23.1 Å². The lowest BCUT2D eigenvalue weighted by molar-refractivity contribution is -0.115. The molecule has 2 N–H and O–H groups in total. The molecule has 0 fully saturated rings. The van der Waals surface area contributed by atoms with Gasteiger partial charge in [0.05, 0.1) is 23.7 Å². The highest BCUT2D eigenvalue weighted by atomic mass is 19.1. The Morgan fingerprint density at radius 1 is 1.15 bits per heavy atom. The zero-order chi connectivity index (χ0) is 14.1. The minimum Gasteiger partial charge on any atom is -0.391 e. The molecule has 0 aromatic heterocycles. The van der Waals surface area contributed by atoms with Crippen LogP contribution in [0, 0.1) is 5.82 Å². The Kier molecular flexibility index (Phi) is 3.12. The Morgan fingerprint density at radius 3 is 2.70 bits per heavy atom. The standard InChI is InChI=1S/C15H13FN2O2/c16-11-4-3-7-13(10(11)9-19)18-8-15(20)17-12-5-1-2-6-14(12)18/h1-7,19H,8-9H2,(H,17,20). The predicted octanol–water partition coefficient (Wildman–Crippen LogP) is 2.41. The summed E-state index contributed by atoms with van der Waals surface area (Å²) in [6.45, 7) is -0.324. The Bertz CT molecular complexity index is 673. The number of fused-ring (bicyclic) bond motifs is 1. The van der Waals surface area contributed by atoms with Gasteiger partial charge in [0.15, 0.2) is 0 Å². The molecule has 0 aliphatic carbocycles. The van der Waals surface area contributed by atoms with Crippen LogP contribution in [0.4, 0.5) is 21.5 Å². The molecule has 20 heavy (non-hydrogen) atoms. The average molecular weight is 272 g/mol. The summed E-state index contributed by atoms with van der Waals surface area (Å²) in [5.41, 5.74) is 2.16. The average Bonchev–Trinajstić information content (AvgIpc) is 2.46. The molecule has 0 saturated carbocycles. The van der Waals surface area contributed by atoms with Crippen LogP contribution in [-0.4, -0.2) is 17.6 Å². The number of anilines is 3. The van der Waals surface area contributed by atoms with Crippen molar-refractivity contribution in [1.82, 2.24) is 0 Å². The third-order valence-electron chi connectivity index (χ3n) is 3.31. The monoisotopic (exact) mass is 272 g/mol. The molecule has 4 nitrogen and oxygen atoms in total. The number of aliphatic hydroxyl groups is 1. The third kappa shape index (κ3) is 2.02. The van der Waals surface area contributed by atoms with E-state index in [1.807, 2.05) is 18.2 Å². The molecular weight excluding hydrogens is 259 g/mol. The van der Waals surface area contributed by atoms with Crippen molar-refractivity contribution < 1.29 is 14.3 Å². The number of para-hydroxylation sites is 2. The van der Waals surface area contributed by atoms with Crippen molar-refractivity contribution in [2.24, 2.45) is 0 Å². The van der Waals surface area contributed by atoms with E-state index in [0.717, 1.165) is 5.69 Å². The maximum Gasteiger partial charge on any atom is 0.244 e. The van der Waals surface area contributed by atoms with E-state index < -0.39 is 12.4 Å². The lowest BCUT2D eigenvalue weighted by atomic mass is 10.1. The molecule has 0 atom stereocenters. The van der Waals surface area contributed by atoms with Crippen molar-refractivity contribution in [2.45, 2.75) is 6.61 Å². The fourth-order valence-corrected chi connectivity index (χ4v) is 2.40. The molecule has 0 unspecified atom stereocenters. The highest BCUT2D eigenvalue weighted by molar-refractivity contribution is 6.03. The summed E-state index contributed by atoms with van der Waals surface area (Å²) in [5.74, 6) is -0.648. The van der Waals surface area contributed by atoms with Gasteiger partial charge in [-0.3, -0.25) is 4.79 Å². The normalized spacial score (nSPS) is 13.9. The first-order valence-electron chi connectivity index (χ1n) is 6.25. The first-order valence-corrected chi connectivity index (χ1v) is 6.25. The molecular formula is C15H13FN2O2. The van der Waals surface area contributed by atoms with E-state index in [-0.39, 0.29) is 18.0 Å². The van der Waals surface area contributed by atoms with Crippen molar-refractivity contribution in [3.63, 3.8) is 0 Å². The second-order valence-electron chi connectivity index (χ2n) is 4.55. The molecule has 1 aliphatic heterocycles. The lowest BCUT2D eigenvalue weighted by Crippen LogP contribution is -2.35. The number of nitrogens with zero attached hydrogens (tertiary/aromatic N) is 1. The Balaban J connectivity index is 2.16. The van der Waals surface area contributed by atoms with E-state index >= 15 is 0 Å². The molecule has 0 saturated heterocycles. The number of rotatable bonds is 2. The molecule has 3 rings (SSSR count). The Morgan fingerprint density at radius 2 is 1.90 bits per heavy atom. The van der Waals surface area contributed by atoms with Gasteiger partial charge in [0, 0.05) is 5.56 Å². The second-order valence-corrected chi connectivity index (χ2v) is 4.55. The summed E-state index contributed by atoms with van der Waals surface area (Å²) in [5, 5.41) is 12.2. The fourth-order valence-electron chi connectivity index (χ4n) is 2.40. The van der Waals surface area contributed by atoms with Crippen LogP contribution < -0.4 is 10.2 Å². The minimum atomic E-state index is -0.478. The van der Waals surface area contributed by atoms with Gasteiger partial charge in [0.2, 0.25) is 5.91 Å². The van der Waals surface area contributed by atoms with E-state index in [2.05, 4.69) is 5.32 Å². The van der Waals surface area contributed by atoms with Crippen LogP contribution in [0.25, 0.3) is 0 Å². The van der Waals surface area contributed by atoms with Crippen LogP contribution in [-0.2, 0) is 11.4 Å². The van der Waals surface area contributed by atoms with Gasteiger partial charge in [0.25, 0.3) is 0 Å². The van der Waals surface area contributed by atoms with E-state index in [4.69, 9.17) is 0 Å². The zero-order valence-electron chi connectivity index (χ0n) is 10.6. The zero-order valence-corrected chi connectivity index (χ0v) is 10.6. The van der Waals surface area contributed by atoms with E-state index in [1.165, 1.54) is 6.07 Å². The van der Waals surface area contributed by atoms with Crippen LogP contribution in [0.15, 0.2) is 42.5 Å². The number of benzene rings is 2. The molecule has 5 heteroatoms. The minimum absolute atomic E-state index is 0.0907. The van der Waals surface area contributed by atoms with E-state index in [9.17, 15) is 14.3 Å². The molecule has 102 valence electrons. The van der Waals surface area contributed by atoms with Crippen molar-refractivity contribution in [1.29, 1.82) is 0 Å². The summed E-state index contributed by atoms with van der Waals surface area (Å²) in [6, 6.07) is 11.9. The molecule has 0 radical (unpaired) electrons. The molecule has 2 aromatic rings. The van der Waals surface area contributed by atoms with Crippen LogP contribution in [0.2, 0.25) is 0 Å². The number of hydrogen-bond donors (Lipinski definition) is 2. The van der Waals surface area contributed by atoms with Crippen LogP contribution in [0.5, 0.6) is 0 Å². The number of carbonyl (C=O) groups is 1. The van der Waals surface area contributed by atoms with Crippen LogP contribution in [0.1, 0.15) is 5.56 Å². The molecule has 1 amide bonds. The molecule has 2 aromatic carbocycles. The first-order chi connectivity index (χ1) is 9.70. The van der Waals surface area contributed by atoms with Crippen LogP contribution in [0.3, 0.4) is 0 Å². The van der Waals surface area contributed by atoms with Gasteiger partial charge in [0.1, 0.15) is 12.4 Å². The Labute approximate surface area is 115 Å². The van der Waals surface area contributed by atoms with Crippen molar-refractivity contribution in [2.75, 3.05) is 16.8 Å². The van der Waals surface area contributed by atoms with Gasteiger partial charge in [-0.15, -0.1) is 0 Å². The van der Waals surface area contributed by atoms with Gasteiger partial charge in [-0.25, -0.2) is 4.39 Å². The molecule has 0 spiro atoms. The topological polar surface area (TPSA) is 52.6 Å². The summed E-state index contributed by atoms with van der Waals surface area (Å²) < 4.78 is 13.8. The smallest absolute Gasteiger partial charge is 0.244 e. The van der Waals surface area contributed by atoms with Gasteiger partial charge >= 0.3 is 0 Å². The number of nitrogens with one attached hydrogen (secondary N) is 1. The number of carbonyl (C=O) groups excluding carboxylic acids is 1. The molecule has 1 heterocycles. The van der Waals surface area contributed by atoms with Gasteiger partial charge in [-0.05, 0) is 24.3 Å². The SMILES string of the molecule is O=C1CN(c2cccc(F)c2CO)c2ccccc2N1. The van der Waals surface area contributed by atoms with Crippen molar-refractivity contribution in [3.05, 3.63) is 53.8 Å². The number of halogens is 1.